The zero-order valence-electron chi connectivity index (χ0n) is 17.6. The van der Waals surface area contributed by atoms with Crippen molar-refractivity contribution in [1.29, 1.82) is 0 Å². The highest BCUT2D eigenvalue weighted by molar-refractivity contribution is 6.03. The molecule has 158 valence electrons. The average molecular weight is 410 g/mol. The van der Waals surface area contributed by atoms with Gasteiger partial charge in [-0.25, -0.2) is 9.59 Å². The van der Waals surface area contributed by atoms with Crippen LogP contribution in [0.3, 0.4) is 0 Å². The van der Waals surface area contributed by atoms with Gasteiger partial charge >= 0.3 is 12.0 Å². The third-order valence-corrected chi connectivity index (χ3v) is 5.10. The highest BCUT2D eigenvalue weighted by Gasteiger charge is 2.32. The summed E-state index contributed by atoms with van der Waals surface area (Å²) >= 11 is 0. The summed E-state index contributed by atoms with van der Waals surface area (Å²) in [6.45, 7) is 8.24. The average Bonchev–Trinajstić information content (AvgIpc) is 2.68. The molecule has 0 unspecified atom stereocenters. The quantitative estimate of drug-likeness (QED) is 0.547. The summed E-state index contributed by atoms with van der Waals surface area (Å²) in [5, 5.41) is 5.51. The molecule has 0 spiro atoms. The molecule has 2 N–H and O–H groups in total. The van der Waals surface area contributed by atoms with Crippen LogP contribution in [0, 0.1) is 0 Å². The molecule has 0 atom stereocenters. The van der Waals surface area contributed by atoms with Gasteiger partial charge < -0.3 is 20.1 Å². The van der Waals surface area contributed by atoms with E-state index in [0.29, 0.717) is 41.5 Å². The summed E-state index contributed by atoms with van der Waals surface area (Å²) in [4.78, 5) is 36.3. The van der Waals surface area contributed by atoms with Crippen molar-refractivity contribution in [3.05, 3.63) is 53.1 Å². The number of nitrogens with one attached hydrogen (secondary N) is 2. The molecule has 30 heavy (non-hydrogen) atoms. The Bertz CT molecular complexity index is 980. The molecule has 0 fully saturated rings. The molecule has 2 amide bonds. The first kappa shape index (κ1) is 21.4. The zero-order chi connectivity index (χ0) is 21.9. The number of fused-ring (bicyclic) bond motifs is 1. The maximum Gasteiger partial charge on any atom is 0.338 e. The van der Waals surface area contributed by atoms with Crippen molar-refractivity contribution in [2.45, 2.75) is 39.5 Å². The lowest BCUT2D eigenvalue weighted by Crippen LogP contribution is -2.29. The number of benzene rings is 2. The zero-order valence-corrected chi connectivity index (χ0v) is 17.6. The van der Waals surface area contributed by atoms with Crippen LogP contribution in [0.1, 0.15) is 60.4 Å². The molecule has 7 nitrogen and oxygen atoms in total. The van der Waals surface area contributed by atoms with Crippen LogP contribution in [-0.4, -0.2) is 31.0 Å². The standard InChI is InChI=1S/C23H26N2O5/c1-5-29-21(27)15-6-8-17(9-7-15)24-22(28)25-19-13-16(14(2)26)12-18-20(19)30-11-10-23(18,3)4/h6-9,12-13H,5,10-11H2,1-4H3,(H2,24,25,28). The van der Waals surface area contributed by atoms with Crippen LogP contribution in [0.4, 0.5) is 16.2 Å². The van der Waals surface area contributed by atoms with Crippen molar-refractivity contribution in [2.75, 3.05) is 23.8 Å². The lowest BCUT2D eigenvalue weighted by molar-refractivity contribution is 0.0526. The first-order chi connectivity index (χ1) is 14.2. The van der Waals surface area contributed by atoms with E-state index in [2.05, 4.69) is 24.5 Å². The second kappa shape index (κ2) is 8.57. The molecule has 3 rings (SSSR count). The molecule has 1 heterocycles. The largest absolute Gasteiger partial charge is 0.491 e. The van der Waals surface area contributed by atoms with E-state index < -0.39 is 12.0 Å². The van der Waals surface area contributed by atoms with Crippen molar-refractivity contribution in [3.63, 3.8) is 0 Å². The highest BCUT2D eigenvalue weighted by Crippen LogP contribution is 2.43. The predicted octanol–water partition coefficient (Wildman–Crippen LogP) is 4.77. The molecule has 1 aliphatic rings. The Kier molecular flexibility index (Phi) is 6.10. The van der Waals surface area contributed by atoms with Crippen molar-refractivity contribution < 1.29 is 23.9 Å². The summed E-state index contributed by atoms with van der Waals surface area (Å²) < 4.78 is 10.8. The van der Waals surface area contributed by atoms with Gasteiger partial charge in [-0.05, 0) is 62.1 Å². The summed E-state index contributed by atoms with van der Waals surface area (Å²) in [6.07, 6.45) is 0.819. The van der Waals surface area contributed by atoms with Crippen molar-refractivity contribution in [1.82, 2.24) is 0 Å². The minimum atomic E-state index is -0.478. The number of hydrogen-bond donors (Lipinski definition) is 2. The molecule has 0 bridgehead atoms. The maximum absolute atomic E-state index is 12.6. The minimum Gasteiger partial charge on any atom is -0.491 e. The fraction of sp³-hybridized carbons (Fsp3) is 0.348. The Balaban J connectivity index is 1.80. The molecule has 2 aromatic rings. The first-order valence-corrected chi connectivity index (χ1v) is 9.88. The van der Waals surface area contributed by atoms with Crippen LogP contribution in [0.15, 0.2) is 36.4 Å². The van der Waals surface area contributed by atoms with E-state index in [1.165, 1.54) is 6.92 Å². The Hall–Kier alpha value is -3.35. The number of urea groups is 1. The molecule has 0 aromatic heterocycles. The van der Waals surface area contributed by atoms with Gasteiger partial charge in [-0.15, -0.1) is 0 Å². The van der Waals surface area contributed by atoms with Gasteiger partial charge in [0.15, 0.2) is 5.78 Å². The molecule has 2 aromatic carbocycles. The monoisotopic (exact) mass is 410 g/mol. The minimum absolute atomic E-state index is 0.0859. The van der Waals surface area contributed by atoms with Crippen LogP contribution in [0.5, 0.6) is 5.75 Å². The molecule has 1 aliphatic heterocycles. The van der Waals surface area contributed by atoms with Crippen LogP contribution >= 0.6 is 0 Å². The second-order valence-corrected chi connectivity index (χ2v) is 7.82. The molecular weight excluding hydrogens is 384 g/mol. The molecule has 0 radical (unpaired) electrons. The van der Waals surface area contributed by atoms with Gasteiger partial charge in [-0.3, -0.25) is 4.79 Å². The van der Waals surface area contributed by atoms with Crippen molar-refractivity contribution in [3.8, 4) is 5.75 Å². The number of Topliss-reactive ketones (excluding diaryl/α,β-unsaturated/α-hetero) is 1. The summed E-state index contributed by atoms with van der Waals surface area (Å²) in [6, 6.07) is 9.39. The Morgan fingerprint density at radius 1 is 1.07 bits per heavy atom. The van der Waals surface area contributed by atoms with Gasteiger partial charge in [0.2, 0.25) is 0 Å². The van der Waals surface area contributed by atoms with Gasteiger partial charge in [0.25, 0.3) is 0 Å². The van der Waals surface area contributed by atoms with E-state index in [1.807, 2.05) is 6.07 Å². The van der Waals surface area contributed by atoms with Gasteiger partial charge in [-0.1, -0.05) is 13.8 Å². The molecule has 0 saturated carbocycles. The van der Waals surface area contributed by atoms with E-state index in [0.717, 1.165) is 12.0 Å². The van der Waals surface area contributed by atoms with Crippen LogP contribution in [0.2, 0.25) is 0 Å². The lowest BCUT2D eigenvalue weighted by Gasteiger charge is -2.34. The Morgan fingerprint density at radius 3 is 2.40 bits per heavy atom. The van der Waals surface area contributed by atoms with E-state index in [1.54, 1.807) is 37.3 Å². The van der Waals surface area contributed by atoms with E-state index in [4.69, 9.17) is 9.47 Å². The predicted molar refractivity (Wildman–Crippen MR) is 115 cm³/mol. The van der Waals surface area contributed by atoms with Gasteiger partial charge in [0.05, 0.1) is 24.5 Å². The Labute approximate surface area is 175 Å². The van der Waals surface area contributed by atoms with Gasteiger partial charge in [0, 0.05) is 16.8 Å². The number of esters is 1. The third-order valence-electron chi connectivity index (χ3n) is 5.10. The van der Waals surface area contributed by atoms with Crippen LogP contribution in [-0.2, 0) is 10.2 Å². The lowest BCUT2D eigenvalue weighted by atomic mass is 9.78. The number of carbonyl (C=O) groups excluding carboxylic acids is 3. The molecule has 7 heteroatoms. The third kappa shape index (κ3) is 4.62. The van der Waals surface area contributed by atoms with E-state index in [-0.39, 0.29) is 11.2 Å². The fourth-order valence-corrected chi connectivity index (χ4v) is 3.31. The number of anilines is 2. The summed E-state index contributed by atoms with van der Waals surface area (Å²) in [5.41, 5.74) is 2.61. The summed E-state index contributed by atoms with van der Waals surface area (Å²) in [5.74, 6) is 0.0854. The number of amides is 2. The van der Waals surface area contributed by atoms with Crippen LogP contribution in [0.25, 0.3) is 0 Å². The van der Waals surface area contributed by atoms with Gasteiger partial charge in [0.1, 0.15) is 5.75 Å². The van der Waals surface area contributed by atoms with E-state index in [9.17, 15) is 14.4 Å². The van der Waals surface area contributed by atoms with E-state index >= 15 is 0 Å². The van der Waals surface area contributed by atoms with Crippen molar-refractivity contribution >= 4 is 29.2 Å². The smallest absolute Gasteiger partial charge is 0.338 e. The first-order valence-electron chi connectivity index (χ1n) is 9.88. The second-order valence-electron chi connectivity index (χ2n) is 7.82. The number of ketones is 1. The molecular formula is C23H26N2O5. The number of ether oxygens (including phenoxy) is 2. The summed E-state index contributed by atoms with van der Waals surface area (Å²) in [7, 11) is 0. The number of carbonyl (C=O) groups is 3. The Morgan fingerprint density at radius 2 is 1.77 bits per heavy atom. The SMILES string of the molecule is CCOC(=O)c1ccc(NC(=O)Nc2cc(C(C)=O)cc3c2OCCC3(C)C)cc1. The van der Waals surface area contributed by atoms with Crippen molar-refractivity contribution in [2.24, 2.45) is 0 Å². The molecule has 0 saturated heterocycles. The van der Waals surface area contributed by atoms with Crippen LogP contribution < -0.4 is 15.4 Å². The van der Waals surface area contributed by atoms with Gasteiger partial charge in [-0.2, -0.15) is 0 Å². The maximum atomic E-state index is 12.6. The fourth-order valence-electron chi connectivity index (χ4n) is 3.31. The highest BCUT2D eigenvalue weighted by atomic mass is 16.5. The number of rotatable bonds is 5. The normalized spacial score (nSPS) is 14.1. The topological polar surface area (TPSA) is 93.7 Å². The molecule has 0 aliphatic carbocycles. The number of hydrogen-bond acceptors (Lipinski definition) is 5.